The highest BCUT2D eigenvalue weighted by atomic mass is 31.2. The molecule has 1 aromatic carbocycles. The molecule has 6 nitrogen and oxygen atoms in total. The van der Waals surface area contributed by atoms with Gasteiger partial charge in [-0.3, -0.25) is 4.57 Å². The maximum atomic E-state index is 11.5. The summed E-state index contributed by atoms with van der Waals surface area (Å²) in [7, 11) is -4.61. The SMILES string of the molecule is CCCCCCCNC(=O)OP(=O)([O-])OCCc1ccccc1. The molecule has 1 rings (SSSR count). The standard InChI is InChI=1S/C16H26NO5P/c1-2-3-4-5-9-13-17-16(18)22-23(19,20)21-14-12-15-10-7-6-8-11-15/h6-8,10-11H,2-5,9,12-14H2,1H3,(H,17,18)(H,19,20)/p-1. The van der Waals surface area contributed by atoms with Crippen molar-refractivity contribution in [3.63, 3.8) is 0 Å². The normalized spacial score (nSPS) is 13.3. The van der Waals surface area contributed by atoms with Crippen molar-refractivity contribution in [3.8, 4) is 0 Å². The molecule has 0 radical (unpaired) electrons. The van der Waals surface area contributed by atoms with Crippen molar-refractivity contribution in [2.24, 2.45) is 0 Å². The quantitative estimate of drug-likeness (QED) is 0.492. The van der Waals surface area contributed by atoms with Crippen LogP contribution in [0.15, 0.2) is 30.3 Å². The van der Waals surface area contributed by atoms with Gasteiger partial charge in [-0.25, -0.2) is 4.79 Å². The smallest absolute Gasteiger partial charge is 0.412 e. The average molecular weight is 342 g/mol. The average Bonchev–Trinajstić information content (AvgIpc) is 2.51. The monoisotopic (exact) mass is 342 g/mol. The van der Waals surface area contributed by atoms with Gasteiger partial charge in [-0.2, -0.15) is 0 Å². The fourth-order valence-corrected chi connectivity index (χ4v) is 2.63. The van der Waals surface area contributed by atoms with Crippen molar-refractivity contribution in [2.75, 3.05) is 13.2 Å². The van der Waals surface area contributed by atoms with Gasteiger partial charge in [0.15, 0.2) is 0 Å². The second kappa shape index (κ2) is 11.2. The number of amides is 1. The third kappa shape index (κ3) is 10.1. The first-order valence-electron chi connectivity index (χ1n) is 8.00. The van der Waals surface area contributed by atoms with E-state index < -0.39 is 13.9 Å². The Morgan fingerprint density at radius 2 is 1.87 bits per heavy atom. The summed E-state index contributed by atoms with van der Waals surface area (Å²) in [5.74, 6) is 0. The van der Waals surface area contributed by atoms with Crippen LogP contribution in [-0.4, -0.2) is 19.2 Å². The van der Waals surface area contributed by atoms with E-state index in [1.807, 2.05) is 30.3 Å². The maximum Gasteiger partial charge on any atom is 0.412 e. The molecule has 0 spiro atoms. The predicted molar refractivity (Wildman–Crippen MR) is 86.9 cm³/mol. The molecule has 0 saturated carbocycles. The van der Waals surface area contributed by atoms with Gasteiger partial charge in [0.2, 0.25) is 0 Å². The van der Waals surface area contributed by atoms with Gasteiger partial charge in [-0.05, 0) is 18.4 Å². The van der Waals surface area contributed by atoms with Crippen LogP contribution in [0.4, 0.5) is 4.79 Å². The summed E-state index contributed by atoms with van der Waals surface area (Å²) in [5, 5.41) is 2.41. The highest BCUT2D eigenvalue weighted by Gasteiger charge is 2.15. The number of phosphoric ester groups is 1. The van der Waals surface area contributed by atoms with Gasteiger partial charge >= 0.3 is 13.9 Å². The van der Waals surface area contributed by atoms with Gasteiger partial charge in [0.05, 0.1) is 6.61 Å². The molecule has 0 saturated heterocycles. The van der Waals surface area contributed by atoms with Gasteiger partial charge in [0.25, 0.3) is 0 Å². The van der Waals surface area contributed by atoms with Gasteiger partial charge < -0.3 is 19.3 Å². The lowest BCUT2D eigenvalue weighted by Gasteiger charge is -2.22. The number of carbonyl (C=O) groups is 1. The molecule has 1 atom stereocenters. The lowest BCUT2D eigenvalue weighted by Crippen LogP contribution is -2.26. The number of nitrogens with one attached hydrogen (secondary N) is 1. The maximum absolute atomic E-state index is 11.5. The molecule has 23 heavy (non-hydrogen) atoms. The topological polar surface area (TPSA) is 87.7 Å². The van der Waals surface area contributed by atoms with Crippen LogP contribution in [0.2, 0.25) is 0 Å². The molecule has 0 aliphatic rings. The molecule has 0 heterocycles. The van der Waals surface area contributed by atoms with E-state index >= 15 is 0 Å². The zero-order valence-electron chi connectivity index (χ0n) is 13.5. The summed E-state index contributed by atoms with van der Waals surface area (Å²) in [6.45, 7) is 2.46. The lowest BCUT2D eigenvalue weighted by atomic mass is 10.1. The van der Waals surface area contributed by atoms with Gasteiger partial charge in [-0.15, -0.1) is 0 Å². The summed E-state index contributed by atoms with van der Waals surface area (Å²) >= 11 is 0. The minimum absolute atomic E-state index is 0.0604. The molecule has 0 bridgehead atoms. The summed E-state index contributed by atoms with van der Waals surface area (Å²) in [5.41, 5.74) is 0.948. The second-order valence-electron chi connectivity index (χ2n) is 5.24. The van der Waals surface area contributed by atoms with Crippen molar-refractivity contribution in [3.05, 3.63) is 35.9 Å². The van der Waals surface area contributed by atoms with E-state index in [1.54, 1.807) is 0 Å². The third-order valence-electron chi connectivity index (χ3n) is 3.23. The largest absolute Gasteiger partial charge is 0.746 e. The first-order valence-corrected chi connectivity index (χ1v) is 9.46. The molecule has 1 aromatic rings. The van der Waals surface area contributed by atoms with Crippen molar-refractivity contribution < 1.29 is 23.3 Å². The number of hydrogen-bond donors (Lipinski definition) is 1. The van der Waals surface area contributed by atoms with Crippen molar-refractivity contribution in [2.45, 2.75) is 45.4 Å². The minimum atomic E-state index is -4.61. The van der Waals surface area contributed by atoms with E-state index in [4.69, 9.17) is 0 Å². The molecular weight excluding hydrogens is 317 g/mol. The fraction of sp³-hybridized carbons (Fsp3) is 0.562. The number of phosphoric acid groups is 1. The molecular formula is C16H25NO5P-. The molecule has 0 fully saturated rings. The number of hydrogen-bond acceptors (Lipinski definition) is 5. The summed E-state index contributed by atoms with van der Waals surface area (Å²) in [4.78, 5) is 22.9. The number of unbranched alkanes of at least 4 members (excludes halogenated alkanes) is 4. The van der Waals surface area contributed by atoms with Crippen molar-refractivity contribution >= 4 is 13.9 Å². The summed E-state index contributed by atoms with van der Waals surface area (Å²) in [6, 6.07) is 9.32. The molecule has 1 N–H and O–H groups in total. The van der Waals surface area contributed by atoms with Crippen LogP contribution in [-0.2, 0) is 20.0 Å². The van der Waals surface area contributed by atoms with Crippen LogP contribution < -0.4 is 10.2 Å². The van der Waals surface area contributed by atoms with Crippen LogP contribution in [0.5, 0.6) is 0 Å². The molecule has 130 valence electrons. The Morgan fingerprint density at radius 1 is 1.17 bits per heavy atom. The Hall–Kier alpha value is -1.36. The van der Waals surface area contributed by atoms with Crippen molar-refractivity contribution in [1.82, 2.24) is 5.32 Å². The number of benzene rings is 1. The van der Waals surface area contributed by atoms with E-state index in [-0.39, 0.29) is 6.61 Å². The molecule has 1 unspecified atom stereocenters. The van der Waals surface area contributed by atoms with Crippen LogP contribution in [0.25, 0.3) is 0 Å². The van der Waals surface area contributed by atoms with E-state index in [2.05, 4.69) is 21.3 Å². The van der Waals surface area contributed by atoms with E-state index in [0.29, 0.717) is 13.0 Å². The molecule has 7 heteroatoms. The van der Waals surface area contributed by atoms with Crippen LogP contribution >= 0.6 is 7.82 Å². The Balaban J connectivity index is 2.15. The van der Waals surface area contributed by atoms with Crippen LogP contribution in [0.1, 0.15) is 44.6 Å². The Kier molecular flexibility index (Phi) is 9.60. The van der Waals surface area contributed by atoms with E-state index in [0.717, 1.165) is 37.7 Å². The van der Waals surface area contributed by atoms with Crippen LogP contribution in [0, 0.1) is 0 Å². The molecule has 0 aliphatic carbocycles. The highest BCUT2D eigenvalue weighted by molar-refractivity contribution is 7.46. The highest BCUT2D eigenvalue weighted by Crippen LogP contribution is 2.38. The number of rotatable bonds is 11. The lowest BCUT2D eigenvalue weighted by molar-refractivity contribution is -0.219. The fourth-order valence-electron chi connectivity index (χ4n) is 2.00. The van der Waals surface area contributed by atoms with Gasteiger partial charge in [-0.1, -0.05) is 62.9 Å². The van der Waals surface area contributed by atoms with Crippen LogP contribution in [0.3, 0.4) is 0 Å². The summed E-state index contributed by atoms with van der Waals surface area (Å²) < 4.78 is 20.5. The first-order chi connectivity index (χ1) is 11.0. The third-order valence-corrected chi connectivity index (χ3v) is 4.12. The van der Waals surface area contributed by atoms with Gasteiger partial charge in [0, 0.05) is 6.54 Å². The first kappa shape index (κ1) is 19.7. The Labute approximate surface area is 137 Å². The van der Waals surface area contributed by atoms with E-state index in [1.165, 1.54) is 0 Å². The molecule has 0 aromatic heterocycles. The Morgan fingerprint density at radius 3 is 2.57 bits per heavy atom. The molecule has 0 aliphatic heterocycles. The van der Waals surface area contributed by atoms with Crippen molar-refractivity contribution in [1.29, 1.82) is 0 Å². The minimum Gasteiger partial charge on any atom is -0.746 e. The summed E-state index contributed by atoms with van der Waals surface area (Å²) in [6.07, 6.45) is 4.65. The zero-order valence-corrected chi connectivity index (χ0v) is 14.4. The van der Waals surface area contributed by atoms with Gasteiger partial charge in [0.1, 0.15) is 0 Å². The second-order valence-corrected chi connectivity index (χ2v) is 6.57. The zero-order chi connectivity index (χ0) is 17.0. The van der Waals surface area contributed by atoms with E-state index in [9.17, 15) is 14.3 Å². The number of carbonyl (C=O) groups excluding carboxylic acids is 1. The Bertz CT molecular complexity index is 495. The predicted octanol–water partition coefficient (Wildman–Crippen LogP) is 3.41. The molecule has 1 amide bonds.